The molecule has 0 aliphatic heterocycles. The van der Waals surface area contributed by atoms with E-state index in [0.717, 1.165) is 50.1 Å². The predicted octanol–water partition coefficient (Wildman–Crippen LogP) is 1.40. The number of aromatic nitrogens is 7. The van der Waals surface area contributed by atoms with Gasteiger partial charge >= 0.3 is 0 Å². The molecule has 0 unspecified atom stereocenters. The topological polar surface area (TPSA) is 93.0 Å². The van der Waals surface area contributed by atoms with Gasteiger partial charge in [-0.3, -0.25) is 9.88 Å². The zero-order valence-corrected chi connectivity index (χ0v) is 20.6. The van der Waals surface area contributed by atoms with Crippen molar-refractivity contribution in [3.63, 3.8) is 0 Å². The van der Waals surface area contributed by atoms with Crippen molar-refractivity contribution in [3.05, 3.63) is 92.4 Å². The fraction of sp³-hybridized carbons (Fsp3) is 0.318. The summed E-state index contributed by atoms with van der Waals surface area (Å²) in [7, 11) is 0. The molecule has 4 heterocycles. The molecule has 0 bridgehead atoms. The second kappa shape index (κ2) is 13.7. The smallest absolute Gasteiger partial charge is 0.228 e. The molecular weight excluding hydrogens is 583 g/mol. The predicted molar refractivity (Wildman–Crippen MR) is 116 cm³/mol. The van der Waals surface area contributed by atoms with Crippen LogP contribution in [0.5, 0.6) is 0 Å². The molecule has 4 aromatic heterocycles. The van der Waals surface area contributed by atoms with Crippen LogP contribution in [0.4, 0.5) is 0 Å². The first-order valence-electron chi connectivity index (χ1n) is 10.1. The minimum atomic E-state index is 0. The second-order valence-corrected chi connectivity index (χ2v) is 7.13. The molecule has 0 amide bonds. The third-order valence-electron chi connectivity index (χ3n) is 4.77. The Morgan fingerprint density at radius 2 is 1.56 bits per heavy atom. The van der Waals surface area contributed by atoms with Crippen molar-refractivity contribution < 1.29 is 24.8 Å². The largest absolute Gasteiger partial charge is 0.445 e. The Balaban J connectivity index is 0.00000181. The summed E-state index contributed by atoms with van der Waals surface area (Å²) in [6.07, 6.45) is 13.7. The number of imidazole rings is 2. The van der Waals surface area contributed by atoms with E-state index in [0.29, 0.717) is 13.1 Å². The van der Waals surface area contributed by atoms with Gasteiger partial charge < -0.3 is 27.4 Å². The van der Waals surface area contributed by atoms with E-state index in [1.165, 1.54) is 0 Å². The normalized spacial score (nSPS) is 10.8. The van der Waals surface area contributed by atoms with E-state index in [-0.39, 0.29) is 27.5 Å². The maximum atomic E-state index is 4.47. The van der Waals surface area contributed by atoms with Gasteiger partial charge in [-0.2, -0.15) is 5.10 Å². The Kier molecular flexibility index (Phi) is 11.0. The van der Waals surface area contributed by atoms with E-state index in [9.17, 15) is 0 Å². The van der Waals surface area contributed by atoms with E-state index in [1.54, 1.807) is 24.8 Å². The van der Waals surface area contributed by atoms with Crippen LogP contribution in [-0.4, -0.2) is 42.9 Å². The van der Waals surface area contributed by atoms with Gasteiger partial charge in [0.05, 0.1) is 11.9 Å². The van der Waals surface area contributed by atoms with Crippen LogP contribution in [0.15, 0.2) is 67.6 Å². The summed E-state index contributed by atoms with van der Waals surface area (Å²) in [5.41, 5.74) is 1.05. The molecule has 0 saturated heterocycles. The van der Waals surface area contributed by atoms with Crippen molar-refractivity contribution in [1.29, 1.82) is 0 Å². The average molecular weight is 612 g/mol. The summed E-state index contributed by atoms with van der Waals surface area (Å²) in [6, 6.07) is 8.01. The van der Waals surface area contributed by atoms with Gasteiger partial charge in [0.2, 0.25) is 6.67 Å². The molecule has 1 radical (unpaired) electrons. The zero-order valence-electron chi connectivity index (χ0n) is 18.2. The summed E-state index contributed by atoms with van der Waals surface area (Å²) in [5.74, 6) is 1.69. The molecule has 0 aromatic carbocycles. The molecule has 173 valence electrons. The van der Waals surface area contributed by atoms with Crippen molar-refractivity contribution in [1.82, 2.24) is 39.8 Å². The minimum Gasteiger partial charge on any atom is -0.445 e. The van der Waals surface area contributed by atoms with Crippen molar-refractivity contribution >= 4 is 0 Å². The molecule has 9 nitrogen and oxygen atoms in total. The van der Waals surface area contributed by atoms with Crippen LogP contribution in [0.1, 0.15) is 23.8 Å². The van der Waals surface area contributed by atoms with Gasteiger partial charge in [-0.05, 0) is 18.6 Å². The van der Waals surface area contributed by atoms with Crippen LogP contribution >= 0.6 is 0 Å². The Morgan fingerprint density at radius 1 is 0.844 bits per heavy atom. The first-order chi connectivity index (χ1) is 14.8. The molecule has 0 spiro atoms. The van der Waals surface area contributed by atoms with Gasteiger partial charge in [0.1, 0.15) is 0 Å². The number of hydrogen-bond acceptors (Lipinski definition) is 5. The van der Waals surface area contributed by atoms with Crippen LogP contribution in [0, 0.1) is 7.43 Å². The maximum absolute atomic E-state index is 4.47. The average Bonchev–Trinajstić information content (AvgIpc) is 3.53. The van der Waals surface area contributed by atoms with Crippen molar-refractivity contribution in [2.45, 2.75) is 32.7 Å². The maximum Gasteiger partial charge on any atom is 0.228 e. The number of aromatic amines is 1. The van der Waals surface area contributed by atoms with Crippen LogP contribution in [0.2, 0.25) is 0 Å². The third-order valence-corrected chi connectivity index (χ3v) is 4.77. The van der Waals surface area contributed by atoms with E-state index in [4.69, 9.17) is 0 Å². The molecule has 0 atom stereocenters. The van der Waals surface area contributed by atoms with Gasteiger partial charge in [0, 0.05) is 65.1 Å². The molecule has 32 heavy (non-hydrogen) atoms. The molecule has 0 aliphatic carbocycles. The van der Waals surface area contributed by atoms with Gasteiger partial charge in [-0.25, -0.2) is 4.90 Å². The summed E-state index contributed by atoms with van der Waals surface area (Å²) in [5, 5.41) is 3.21. The van der Waals surface area contributed by atoms with Crippen molar-refractivity contribution in [2.75, 3.05) is 13.1 Å². The van der Waals surface area contributed by atoms with Crippen molar-refractivity contribution in [2.24, 2.45) is 0 Å². The van der Waals surface area contributed by atoms with Crippen LogP contribution < -0.4 is 14.6 Å². The SMILES string of the molecule is [CH3-].[Ir].c1ccc(CN(CCCN(Cc2ncc[n-]2)C[n+]2ccc[nH]2)Cc2ncc[n-]2)nc1. The second-order valence-electron chi connectivity index (χ2n) is 7.13. The summed E-state index contributed by atoms with van der Waals surface area (Å²) >= 11 is 0. The first kappa shape index (κ1) is 25.6. The number of hydrogen-bond donors (Lipinski definition) is 1. The van der Waals surface area contributed by atoms with Gasteiger partial charge in [-0.15, -0.1) is 4.68 Å². The number of rotatable bonds is 12. The summed E-state index contributed by atoms with van der Waals surface area (Å²) in [4.78, 5) is 26.5. The Morgan fingerprint density at radius 3 is 2.16 bits per heavy atom. The molecular formula is C22H29IrN9-2. The quantitative estimate of drug-likeness (QED) is 0.191. The monoisotopic (exact) mass is 612 g/mol. The van der Waals surface area contributed by atoms with Gasteiger partial charge in [0.15, 0.2) is 6.20 Å². The van der Waals surface area contributed by atoms with E-state index in [1.807, 2.05) is 41.5 Å². The first-order valence-corrected chi connectivity index (χ1v) is 10.1. The minimum absolute atomic E-state index is 0. The van der Waals surface area contributed by atoms with Crippen LogP contribution in [-0.2, 0) is 46.4 Å². The number of pyridine rings is 1. The summed E-state index contributed by atoms with van der Waals surface area (Å²) in [6.45, 7) is 4.78. The molecule has 0 aliphatic rings. The molecule has 1 N–H and O–H groups in total. The number of nitrogens with zero attached hydrogens (tertiary/aromatic N) is 8. The Bertz CT molecular complexity index is 905. The van der Waals surface area contributed by atoms with Gasteiger partial charge in [-0.1, -0.05) is 42.5 Å². The summed E-state index contributed by atoms with van der Waals surface area (Å²) < 4.78 is 2.05. The van der Waals surface area contributed by atoms with Crippen LogP contribution in [0.25, 0.3) is 0 Å². The van der Waals surface area contributed by atoms with E-state index < -0.39 is 0 Å². The Labute approximate surface area is 202 Å². The molecule has 0 saturated carbocycles. The molecule has 0 fully saturated rings. The van der Waals surface area contributed by atoms with E-state index in [2.05, 4.69) is 45.9 Å². The number of H-pyrrole nitrogens is 1. The third kappa shape index (κ3) is 8.12. The molecule has 4 rings (SSSR count). The molecule has 10 heteroatoms. The van der Waals surface area contributed by atoms with Gasteiger partial charge in [0.25, 0.3) is 0 Å². The van der Waals surface area contributed by atoms with Crippen LogP contribution in [0.3, 0.4) is 0 Å². The fourth-order valence-corrected chi connectivity index (χ4v) is 3.39. The Hall–Kier alpha value is -2.65. The fourth-order valence-electron chi connectivity index (χ4n) is 3.39. The van der Waals surface area contributed by atoms with E-state index >= 15 is 0 Å². The number of nitrogens with one attached hydrogen (secondary N) is 1. The zero-order chi connectivity index (χ0) is 20.4. The van der Waals surface area contributed by atoms with Crippen molar-refractivity contribution in [3.8, 4) is 0 Å². The molecule has 4 aromatic rings. The standard InChI is InChI=1S/C21H25N9.CH3.Ir/c1-2-6-22-19(5-1)15-28(16-20-23-8-9-24-20)12-4-13-29(17-21-25-10-11-26-21)18-30-14-3-7-27-30;;/h1-3,5-11,14H,4,12-13,15-18H2;1H3;/q-2;-1;/p+1.